The number of hydrogen-bond acceptors (Lipinski definition) is 0. The summed E-state index contributed by atoms with van der Waals surface area (Å²) >= 11 is 0. The Bertz CT molecular complexity index is 429. The van der Waals surface area contributed by atoms with Crippen LogP contribution in [0, 0.1) is 0 Å². The van der Waals surface area contributed by atoms with Crippen molar-refractivity contribution in [2.75, 3.05) is 0 Å². The molecule has 160 valence electrons. The lowest BCUT2D eigenvalue weighted by Crippen LogP contribution is -1.91. The molecular formula is C27H52. The molecule has 27 heavy (non-hydrogen) atoms. The van der Waals surface area contributed by atoms with Crippen LogP contribution in [0.4, 0.5) is 0 Å². The van der Waals surface area contributed by atoms with E-state index in [0.29, 0.717) is 0 Å². The smallest absolute Gasteiger partial charge is 0.00258 e. The van der Waals surface area contributed by atoms with E-state index in [1.807, 2.05) is 27.7 Å². The van der Waals surface area contributed by atoms with Crippen LogP contribution in [0.2, 0.25) is 0 Å². The summed E-state index contributed by atoms with van der Waals surface area (Å²) in [4.78, 5) is 0. The molecular weight excluding hydrogens is 324 g/mol. The van der Waals surface area contributed by atoms with Crippen molar-refractivity contribution in [3.63, 3.8) is 0 Å². The van der Waals surface area contributed by atoms with Crippen LogP contribution in [0.25, 0.3) is 0 Å². The minimum Gasteiger partial charge on any atom is -0.0776 e. The van der Waals surface area contributed by atoms with E-state index in [4.69, 9.17) is 0 Å². The van der Waals surface area contributed by atoms with Gasteiger partial charge in [-0.25, -0.2) is 0 Å². The van der Waals surface area contributed by atoms with E-state index >= 15 is 0 Å². The van der Waals surface area contributed by atoms with Gasteiger partial charge in [0.2, 0.25) is 0 Å². The van der Waals surface area contributed by atoms with Crippen LogP contribution in [-0.2, 0) is 19.3 Å². The zero-order valence-corrected chi connectivity index (χ0v) is 16.2. The van der Waals surface area contributed by atoms with E-state index in [-0.39, 0.29) is 29.7 Å². The predicted molar refractivity (Wildman–Crippen MR) is 133 cm³/mol. The van der Waals surface area contributed by atoms with Gasteiger partial charge in [-0.15, -0.1) is 0 Å². The maximum absolute atomic E-state index is 2.27. The lowest BCUT2D eigenvalue weighted by atomic mass is 10.0. The molecule has 2 rings (SSSR count). The van der Waals surface area contributed by atoms with Crippen LogP contribution in [-0.4, -0.2) is 0 Å². The topological polar surface area (TPSA) is 0 Å². The molecule has 0 unspecified atom stereocenters. The zero-order valence-electron chi connectivity index (χ0n) is 16.2. The highest BCUT2D eigenvalue weighted by Crippen LogP contribution is 2.13. The summed E-state index contributed by atoms with van der Waals surface area (Å²) in [5, 5.41) is 0. The van der Waals surface area contributed by atoms with E-state index in [1.54, 1.807) is 0 Å². The van der Waals surface area contributed by atoms with Gasteiger partial charge in [-0.1, -0.05) is 133 Å². The largest absolute Gasteiger partial charge is 0.0776 e. The van der Waals surface area contributed by atoms with Gasteiger partial charge in [0, 0.05) is 0 Å². The molecule has 0 saturated heterocycles. The Balaban J connectivity index is -0.000000189. The molecule has 0 aliphatic rings. The van der Waals surface area contributed by atoms with Gasteiger partial charge in [0.1, 0.15) is 0 Å². The van der Waals surface area contributed by atoms with Crippen molar-refractivity contribution < 1.29 is 0 Å². The summed E-state index contributed by atoms with van der Waals surface area (Å²) in [6, 6.07) is 18.1. The molecule has 0 aliphatic heterocycles. The Morgan fingerprint density at radius 2 is 0.667 bits per heavy atom. The summed E-state index contributed by atoms with van der Waals surface area (Å²) in [5.74, 6) is 0. The highest BCUT2D eigenvalue weighted by molar-refractivity contribution is 5.30. The lowest BCUT2D eigenvalue weighted by molar-refractivity contribution is 0.918. The minimum atomic E-state index is 0. The third-order valence-corrected chi connectivity index (χ3v) is 3.53. The fraction of sp³-hybridized carbons (Fsp3) is 0.556. The summed E-state index contributed by atoms with van der Waals surface area (Å²) in [6.07, 6.45) is 5.85. The Morgan fingerprint density at radius 1 is 0.444 bits per heavy atom. The number of benzene rings is 2. The molecule has 0 N–H and O–H groups in total. The second-order valence-corrected chi connectivity index (χ2v) is 5.31. The quantitative estimate of drug-likeness (QED) is 0.470. The first-order valence-electron chi connectivity index (χ1n) is 9.47. The minimum absolute atomic E-state index is 0. The molecule has 0 aliphatic carbocycles. The van der Waals surface area contributed by atoms with Crippen LogP contribution < -0.4 is 0 Å². The van der Waals surface area contributed by atoms with Crippen molar-refractivity contribution in [2.45, 2.75) is 103 Å². The molecule has 0 amide bonds. The van der Waals surface area contributed by atoms with Crippen molar-refractivity contribution in [1.29, 1.82) is 0 Å². The third kappa shape index (κ3) is 15.2. The van der Waals surface area contributed by atoms with Gasteiger partial charge in [0.15, 0.2) is 0 Å². The number of aryl methyl sites for hydroxylation is 2. The molecule has 0 nitrogen and oxygen atoms in total. The summed E-state index contributed by atoms with van der Waals surface area (Å²) < 4.78 is 0. The Labute approximate surface area is 174 Å². The van der Waals surface area contributed by atoms with Crippen LogP contribution >= 0.6 is 0 Å². The molecule has 2 aromatic carbocycles. The first-order chi connectivity index (χ1) is 11.3. The number of rotatable bonds is 6. The molecule has 0 radical (unpaired) electrons. The van der Waals surface area contributed by atoms with Gasteiger partial charge >= 0.3 is 0 Å². The van der Waals surface area contributed by atoms with E-state index in [0.717, 1.165) is 6.42 Å². The fourth-order valence-electron chi connectivity index (χ4n) is 2.46. The van der Waals surface area contributed by atoms with E-state index in [9.17, 15) is 0 Å². The number of hydrogen-bond donors (Lipinski definition) is 0. The van der Waals surface area contributed by atoms with Crippen LogP contribution in [0.5, 0.6) is 0 Å². The summed E-state index contributed by atoms with van der Waals surface area (Å²) in [7, 11) is 0. The van der Waals surface area contributed by atoms with Gasteiger partial charge in [0.25, 0.3) is 0 Å². The van der Waals surface area contributed by atoms with E-state index in [1.165, 1.54) is 47.9 Å². The van der Waals surface area contributed by atoms with Crippen LogP contribution in [0.1, 0.15) is 106 Å². The van der Waals surface area contributed by atoms with Crippen molar-refractivity contribution in [2.24, 2.45) is 0 Å². The first kappa shape index (κ1) is 36.4. The average molecular weight is 377 g/mol. The molecule has 0 heteroatoms. The molecule has 0 atom stereocenters. The second kappa shape index (κ2) is 24.4. The van der Waals surface area contributed by atoms with Crippen LogP contribution in [0.15, 0.2) is 48.5 Å². The van der Waals surface area contributed by atoms with Crippen LogP contribution in [0.3, 0.4) is 0 Å². The molecule has 0 bridgehead atoms. The maximum Gasteiger partial charge on any atom is -0.00258 e. The van der Waals surface area contributed by atoms with Gasteiger partial charge in [-0.3, -0.25) is 0 Å². The van der Waals surface area contributed by atoms with Crippen molar-refractivity contribution >= 4 is 0 Å². The highest BCUT2D eigenvalue weighted by atomic mass is 14.0. The summed E-state index contributed by atoms with van der Waals surface area (Å²) in [6.45, 7) is 12.5. The molecule has 0 saturated carbocycles. The molecule has 0 heterocycles. The Kier molecular flexibility index (Phi) is 32.9. The fourth-order valence-corrected chi connectivity index (χ4v) is 2.46. The molecule has 0 spiro atoms. The van der Waals surface area contributed by atoms with E-state index in [2.05, 4.69) is 62.4 Å². The third-order valence-electron chi connectivity index (χ3n) is 3.53. The monoisotopic (exact) mass is 376 g/mol. The highest BCUT2D eigenvalue weighted by Gasteiger charge is 1.98. The van der Waals surface area contributed by atoms with Gasteiger partial charge in [-0.05, 0) is 41.5 Å². The average Bonchev–Trinajstić information content (AvgIpc) is 2.62. The predicted octanol–water partition coefficient (Wildman–Crippen LogP) is 9.78. The van der Waals surface area contributed by atoms with Crippen molar-refractivity contribution in [3.8, 4) is 0 Å². The molecule has 0 fully saturated rings. The SMILES string of the molecule is C.C.C.C.CC.CC.CCCc1ccc(Cc2ccc(CCC)cc2)cc1. The zero-order chi connectivity index (χ0) is 17.5. The lowest BCUT2D eigenvalue weighted by Gasteiger charge is -2.05. The van der Waals surface area contributed by atoms with E-state index < -0.39 is 0 Å². The molecule has 0 aromatic heterocycles. The van der Waals surface area contributed by atoms with Gasteiger partial charge in [-0.2, -0.15) is 0 Å². The second-order valence-electron chi connectivity index (χ2n) is 5.31. The van der Waals surface area contributed by atoms with Gasteiger partial charge < -0.3 is 0 Å². The normalized spacial score (nSPS) is 7.93. The Morgan fingerprint density at radius 3 is 0.889 bits per heavy atom. The standard InChI is InChI=1S/C19H24.2C2H6.4CH4/c1-3-5-16-7-11-18(12-8-16)15-19-13-9-17(6-4-2)10-14-19;2*1-2;;;;/h7-14H,3-6,15H2,1-2H3;2*1-2H3;4*1H4. The Hall–Kier alpha value is -1.56. The van der Waals surface area contributed by atoms with Gasteiger partial charge in [0.05, 0.1) is 0 Å². The molecule has 2 aromatic rings. The summed E-state index contributed by atoms with van der Waals surface area (Å²) in [5.41, 5.74) is 5.71. The maximum atomic E-state index is 2.27. The van der Waals surface area contributed by atoms with Crippen molar-refractivity contribution in [1.82, 2.24) is 0 Å². The van der Waals surface area contributed by atoms with Crippen molar-refractivity contribution in [3.05, 3.63) is 70.8 Å². The first-order valence-corrected chi connectivity index (χ1v) is 9.47.